The van der Waals surface area contributed by atoms with E-state index in [4.69, 9.17) is 0 Å². The standard InChI is InChI=1S/C21H21N3O/c1-15-9-11-20(12-10-15)24-16(2)13-19(17(24)3)14-22-23-21(25)18-7-5-4-6-8-18/h4-14H,1-3H3,(H,23,25)/b22-14+. The van der Waals surface area contributed by atoms with Crippen LogP contribution in [-0.4, -0.2) is 16.7 Å². The molecule has 3 aromatic rings. The van der Waals surface area contributed by atoms with Crippen LogP contribution >= 0.6 is 0 Å². The number of aromatic nitrogens is 1. The van der Waals surface area contributed by atoms with E-state index in [2.05, 4.69) is 59.3 Å². The fourth-order valence-corrected chi connectivity index (χ4v) is 2.82. The molecule has 0 aliphatic carbocycles. The Bertz CT molecular complexity index is 906. The van der Waals surface area contributed by atoms with Crippen molar-refractivity contribution < 1.29 is 4.79 Å². The van der Waals surface area contributed by atoms with E-state index in [0.29, 0.717) is 5.56 Å². The van der Waals surface area contributed by atoms with Gasteiger partial charge in [0.25, 0.3) is 5.91 Å². The lowest BCUT2D eigenvalue weighted by molar-refractivity contribution is 0.0955. The smallest absolute Gasteiger partial charge is 0.271 e. The number of benzene rings is 2. The van der Waals surface area contributed by atoms with Gasteiger partial charge in [-0.05, 0) is 51.1 Å². The van der Waals surface area contributed by atoms with Gasteiger partial charge in [0.15, 0.2) is 0 Å². The summed E-state index contributed by atoms with van der Waals surface area (Å²) in [5, 5.41) is 4.10. The first-order chi connectivity index (χ1) is 12.1. The summed E-state index contributed by atoms with van der Waals surface area (Å²) in [6, 6.07) is 19.5. The van der Waals surface area contributed by atoms with Crippen LogP contribution in [-0.2, 0) is 0 Å². The fourth-order valence-electron chi connectivity index (χ4n) is 2.82. The molecule has 126 valence electrons. The summed E-state index contributed by atoms with van der Waals surface area (Å²) in [4.78, 5) is 12.0. The summed E-state index contributed by atoms with van der Waals surface area (Å²) in [6.45, 7) is 6.19. The molecule has 1 aromatic heterocycles. The first-order valence-electron chi connectivity index (χ1n) is 8.20. The molecule has 25 heavy (non-hydrogen) atoms. The Morgan fingerprint density at radius 1 is 1.00 bits per heavy atom. The van der Waals surface area contributed by atoms with E-state index in [1.807, 2.05) is 25.1 Å². The Balaban J connectivity index is 1.79. The number of carbonyl (C=O) groups is 1. The van der Waals surface area contributed by atoms with Crippen molar-refractivity contribution in [1.29, 1.82) is 0 Å². The van der Waals surface area contributed by atoms with Crippen LogP contribution in [0, 0.1) is 20.8 Å². The second-order valence-electron chi connectivity index (χ2n) is 6.06. The minimum atomic E-state index is -0.218. The molecular weight excluding hydrogens is 310 g/mol. The molecular formula is C21H21N3O. The van der Waals surface area contributed by atoms with Crippen molar-refractivity contribution in [3.63, 3.8) is 0 Å². The highest BCUT2D eigenvalue weighted by molar-refractivity contribution is 5.94. The van der Waals surface area contributed by atoms with Gasteiger partial charge in [0, 0.05) is 28.2 Å². The van der Waals surface area contributed by atoms with E-state index in [-0.39, 0.29) is 5.91 Å². The lowest BCUT2D eigenvalue weighted by atomic mass is 10.2. The van der Waals surface area contributed by atoms with E-state index in [1.54, 1.807) is 18.3 Å². The topological polar surface area (TPSA) is 46.4 Å². The number of hydrogen-bond acceptors (Lipinski definition) is 2. The summed E-state index contributed by atoms with van der Waals surface area (Å²) >= 11 is 0. The highest BCUT2D eigenvalue weighted by Crippen LogP contribution is 2.20. The van der Waals surface area contributed by atoms with Crippen LogP contribution < -0.4 is 5.43 Å². The molecule has 0 fully saturated rings. The Morgan fingerprint density at radius 2 is 1.68 bits per heavy atom. The van der Waals surface area contributed by atoms with E-state index in [9.17, 15) is 4.79 Å². The third kappa shape index (κ3) is 3.69. The molecule has 0 atom stereocenters. The summed E-state index contributed by atoms with van der Waals surface area (Å²) in [5.41, 5.74) is 8.69. The van der Waals surface area contributed by atoms with Gasteiger partial charge in [0.05, 0.1) is 6.21 Å². The van der Waals surface area contributed by atoms with Crippen molar-refractivity contribution in [2.75, 3.05) is 0 Å². The van der Waals surface area contributed by atoms with E-state index >= 15 is 0 Å². The maximum atomic E-state index is 12.0. The zero-order chi connectivity index (χ0) is 17.8. The normalized spacial score (nSPS) is 11.0. The van der Waals surface area contributed by atoms with Crippen molar-refractivity contribution >= 4 is 12.1 Å². The van der Waals surface area contributed by atoms with Crippen LogP contribution in [0.3, 0.4) is 0 Å². The molecule has 1 amide bonds. The van der Waals surface area contributed by atoms with Crippen LogP contribution in [0.2, 0.25) is 0 Å². The quantitative estimate of drug-likeness (QED) is 0.566. The summed E-state index contributed by atoms with van der Waals surface area (Å²) in [5.74, 6) is -0.218. The number of nitrogens with one attached hydrogen (secondary N) is 1. The number of amides is 1. The highest BCUT2D eigenvalue weighted by atomic mass is 16.2. The third-order valence-corrected chi connectivity index (χ3v) is 4.17. The SMILES string of the molecule is Cc1ccc(-n2c(C)cc(/C=N/NC(=O)c3ccccc3)c2C)cc1. The fraction of sp³-hybridized carbons (Fsp3) is 0.143. The molecule has 0 bridgehead atoms. The Kier molecular flexibility index (Phi) is 4.80. The lowest BCUT2D eigenvalue weighted by Gasteiger charge is -2.09. The number of rotatable bonds is 4. The molecule has 4 nitrogen and oxygen atoms in total. The van der Waals surface area contributed by atoms with Gasteiger partial charge in [-0.15, -0.1) is 0 Å². The van der Waals surface area contributed by atoms with E-state index in [1.165, 1.54) is 5.56 Å². The summed E-state index contributed by atoms with van der Waals surface area (Å²) in [6.07, 6.45) is 1.69. The molecule has 3 rings (SSSR count). The number of carbonyl (C=O) groups excluding carboxylic acids is 1. The molecule has 0 aliphatic heterocycles. The molecule has 0 saturated carbocycles. The van der Waals surface area contributed by atoms with E-state index in [0.717, 1.165) is 22.6 Å². The number of hydrogen-bond donors (Lipinski definition) is 1. The van der Waals surface area contributed by atoms with Crippen LogP contribution in [0.4, 0.5) is 0 Å². The lowest BCUT2D eigenvalue weighted by Crippen LogP contribution is -2.17. The maximum absolute atomic E-state index is 12.0. The van der Waals surface area contributed by atoms with Gasteiger partial charge in [-0.2, -0.15) is 5.10 Å². The summed E-state index contributed by atoms with van der Waals surface area (Å²) in [7, 11) is 0. The van der Waals surface area contributed by atoms with Gasteiger partial charge in [0.1, 0.15) is 0 Å². The minimum Gasteiger partial charge on any atom is -0.318 e. The molecule has 0 aliphatic rings. The average Bonchev–Trinajstić information content (AvgIpc) is 2.90. The number of nitrogens with zero attached hydrogens (tertiary/aromatic N) is 2. The molecule has 0 saturated heterocycles. The van der Waals surface area contributed by atoms with Gasteiger partial charge in [-0.25, -0.2) is 5.43 Å². The first-order valence-corrected chi connectivity index (χ1v) is 8.20. The highest BCUT2D eigenvalue weighted by Gasteiger charge is 2.09. The van der Waals surface area contributed by atoms with Gasteiger partial charge in [0.2, 0.25) is 0 Å². The van der Waals surface area contributed by atoms with Gasteiger partial charge >= 0.3 is 0 Å². The zero-order valence-corrected chi connectivity index (χ0v) is 14.7. The zero-order valence-electron chi connectivity index (χ0n) is 14.7. The summed E-state index contributed by atoms with van der Waals surface area (Å²) < 4.78 is 2.18. The second-order valence-corrected chi connectivity index (χ2v) is 6.06. The van der Waals surface area contributed by atoms with Crippen molar-refractivity contribution in [2.45, 2.75) is 20.8 Å². The monoisotopic (exact) mass is 331 g/mol. The molecule has 1 heterocycles. The van der Waals surface area contributed by atoms with Crippen molar-refractivity contribution in [1.82, 2.24) is 9.99 Å². The Labute approximate surface area is 147 Å². The average molecular weight is 331 g/mol. The maximum Gasteiger partial charge on any atom is 0.271 e. The van der Waals surface area contributed by atoms with Gasteiger partial charge < -0.3 is 4.57 Å². The van der Waals surface area contributed by atoms with Crippen LogP contribution in [0.1, 0.15) is 32.9 Å². The molecule has 4 heteroatoms. The Hall–Kier alpha value is -3.14. The minimum absolute atomic E-state index is 0.218. The number of hydrazone groups is 1. The van der Waals surface area contributed by atoms with Crippen molar-refractivity contribution in [2.24, 2.45) is 5.10 Å². The molecule has 1 N–H and O–H groups in total. The first kappa shape index (κ1) is 16.7. The van der Waals surface area contributed by atoms with Crippen molar-refractivity contribution in [3.8, 4) is 5.69 Å². The molecule has 2 aromatic carbocycles. The van der Waals surface area contributed by atoms with E-state index < -0.39 is 0 Å². The van der Waals surface area contributed by atoms with Gasteiger partial charge in [-0.1, -0.05) is 35.9 Å². The predicted molar refractivity (Wildman–Crippen MR) is 101 cm³/mol. The second kappa shape index (κ2) is 7.18. The predicted octanol–water partition coefficient (Wildman–Crippen LogP) is 4.17. The number of aryl methyl sites for hydroxylation is 2. The van der Waals surface area contributed by atoms with Crippen LogP contribution in [0.25, 0.3) is 5.69 Å². The largest absolute Gasteiger partial charge is 0.318 e. The van der Waals surface area contributed by atoms with Gasteiger partial charge in [-0.3, -0.25) is 4.79 Å². The van der Waals surface area contributed by atoms with Crippen molar-refractivity contribution in [3.05, 3.63) is 88.7 Å². The molecule has 0 spiro atoms. The molecule has 0 radical (unpaired) electrons. The van der Waals surface area contributed by atoms with Crippen LogP contribution in [0.5, 0.6) is 0 Å². The Morgan fingerprint density at radius 3 is 2.36 bits per heavy atom. The molecule has 0 unspecified atom stereocenters. The third-order valence-electron chi connectivity index (χ3n) is 4.17. The van der Waals surface area contributed by atoms with Crippen LogP contribution in [0.15, 0.2) is 65.8 Å².